The average molecular weight is 405 g/mol. The summed E-state index contributed by atoms with van der Waals surface area (Å²) in [5.41, 5.74) is 2.70. The molecule has 0 fully saturated rings. The number of hydrogen-bond acceptors (Lipinski definition) is 3. The molecule has 0 aliphatic carbocycles. The van der Waals surface area contributed by atoms with Crippen LogP contribution < -0.4 is 10.3 Å². The van der Waals surface area contributed by atoms with Gasteiger partial charge in [0.25, 0.3) is 5.56 Å². The second-order valence-corrected chi connectivity index (χ2v) is 7.20. The van der Waals surface area contributed by atoms with E-state index in [0.717, 1.165) is 17.7 Å². The Balaban J connectivity index is 1.67. The van der Waals surface area contributed by atoms with Crippen molar-refractivity contribution in [3.63, 3.8) is 0 Å². The number of fused-ring (bicyclic) bond motifs is 1. The van der Waals surface area contributed by atoms with E-state index >= 15 is 0 Å². The van der Waals surface area contributed by atoms with Crippen LogP contribution in [0, 0.1) is 0 Å². The molecule has 146 valence electrons. The number of hydrogen-bond donors (Lipinski definition) is 0. The van der Waals surface area contributed by atoms with Gasteiger partial charge in [0.1, 0.15) is 18.2 Å². The second kappa shape index (κ2) is 8.50. The van der Waals surface area contributed by atoms with Gasteiger partial charge in [0.05, 0.1) is 17.4 Å². The molecule has 0 bridgehead atoms. The fourth-order valence-corrected chi connectivity index (χ4v) is 3.40. The molecule has 0 aliphatic rings. The van der Waals surface area contributed by atoms with Gasteiger partial charge in [-0.3, -0.25) is 9.36 Å². The summed E-state index contributed by atoms with van der Waals surface area (Å²) in [7, 11) is 0. The Morgan fingerprint density at radius 3 is 2.41 bits per heavy atom. The topological polar surface area (TPSA) is 44.1 Å². The van der Waals surface area contributed by atoms with Gasteiger partial charge in [-0.1, -0.05) is 42.8 Å². The molecule has 1 heterocycles. The van der Waals surface area contributed by atoms with Crippen molar-refractivity contribution in [1.29, 1.82) is 0 Å². The van der Waals surface area contributed by atoms with Gasteiger partial charge >= 0.3 is 0 Å². The van der Waals surface area contributed by atoms with Gasteiger partial charge < -0.3 is 4.74 Å². The molecule has 3 aromatic carbocycles. The van der Waals surface area contributed by atoms with E-state index in [1.54, 1.807) is 22.8 Å². The van der Waals surface area contributed by atoms with Gasteiger partial charge in [0.2, 0.25) is 0 Å². The van der Waals surface area contributed by atoms with Crippen molar-refractivity contribution in [3.8, 4) is 17.1 Å². The molecule has 1 aromatic heterocycles. The zero-order chi connectivity index (χ0) is 20.2. The number of nitrogens with zero attached hydrogens (tertiary/aromatic N) is 2. The average Bonchev–Trinajstić information content (AvgIpc) is 2.76. The van der Waals surface area contributed by atoms with Gasteiger partial charge in [0, 0.05) is 10.6 Å². The summed E-state index contributed by atoms with van der Waals surface area (Å²) in [5, 5.41) is 1.24. The summed E-state index contributed by atoms with van der Waals surface area (Å²) in [6.07, 6.45) is 0.989. The molecular weight excluding hydrogens is 384 g/mol. The van der Waals surface area contributed by atoms with E-state index in [-0.39, 0.29) is 5.56 Å². The minimum absolute atomic E-state index is 0.0783. The van der Waals surface area contributed by atoms with Crippen molar-refractivity contribution < 1.29 is 4.74 Å². The van der Waals surface area contributed by atoms with Crippen LogP contribution >= 0.6 is 11.6 Å². The van der Waals surface area contributed by atoms with Crippen LogP contribution in [0.3, 0.4) is 0 Å². The van der Waals surface area contributed by atoms with Gasteiger partial charge in [-0.05, 0) is 60.5 Å². The summed E-state index contributed by atoms with van der Waals surface area (Å²) in [4.78, 5) is 17.9. The van der Waals surface area contributed by atoms with Crippen molar-refractivity contribution in [1.82, 2.24) is 9.55 Å². The standard InChI is InChI=1S/C24H21ClN2O2/c1-2-17-7-13-20(14-8-17)29-16-15-27-23(18-9-11-19(25)12-10-18)26-22-6-4-3-5-21(22)24(27)28/h3-14H,2,15-16H2,1H3. The molecule has 0 atom stereocenters. The smallest absolute Gasteiger partial charge is 0.261 e. The first kappa shape index (κ1) is 19.2. The monoisotopic (exact) mass is 404 g/mol. The summed E-state index contributed by atoms with van der Waals surface area (Å²) < 4.78 is 7.55. The minimum Gasteiger partial charge on any atom is -0.492 e. The van der Waals surface area contributed by atoms with Crippen LogP contribution in [0.4, 0.5) is 0 Å². The maximum atomic E-state index is 13.2. The third-order valence-electron chi connectivity index (χ3n) is 4.88. The van der Waals surface area contributed by atoms with E-state index in [0.29, 0.717) is 34.9 Å². The summed E-state index contributed by atoms with van der Waals surface area (Å²) in [6, 6.07) is 22.8. The Morgan fingerprint density at radius 2 is 1.69 bits per heavy atom. The third-order valence-corrected chi connectivity index (χ3v) is 5.13. The van der Waals surface area contributed by atoms with Gasteiger partial charge in [-0.2, -0.15) is 0 Å². The quantitative estimate of drug-likeness (QED) is 0.434. The molecule has 4 nitrogen and oxygen atoms in total. The molecule has 0 amide bonds. The SMILES string of the molecule is CCc1ccc(OCCn2c(-c3ccc(Cl)cc3)nc3ccccc3c2=O)cc1. The molecular formula is C24H21ClN2O2. The van der Waals surface area contributed by atoms with E-state index in [1.807, 2.05) is 42.5 Å². The fourth-order valence-electron chi connectivity index (χ4n) is 3.27. The van der Waals surface area contributed by atoms with E-state index in [2.05, 4.69) is 19.1 Å². The highest BCUT2D eigenvalue weighted by Crippen LogP contribution is 2.21. The lowest BCUT2D eigenvalue weighted by Gasteiger charge is -2.14. The lowest BCUT2D eigenvalue weighted by molar-refractivity contribution is 0.297. The number of aryl methyl sites for hydroxylation is 1. The van der Waals surface area contributed by atoms with E-state index < -0.39 is 0 Å². The Morgan fingerprint density at radius 1 is 0.966 bits per heavy atom. The number of ether oxygens (including phenoxy) is 1. The first-order valence-corrected chi connectivity index (χ1v) is 10.0. The van der Waals surface area contributed by atoms with Crippen molar-refractivity contribution in [3.05, 3.63) is 93.7 Å². The molecule has 0 unspecified atom stereocenters. The number of para-hydroxylation sites is 1. The minimum atomic E-state index is -0.0783. The fraction of sp³-hybridized carbons (Fsp3) is 0.167. The van der Waals surface area contributed by atoms with E-state index in [4.69, 9.17) is 21.3 Å². The first-order chi connectivity index (χ1) is 14.2. The maximum absolute atomic E-state index is 13.2. The van der Waals surface area contributed by atoms with Crippen LogP contribution in [-0.4, -0.2) is 16.2 Å². The summed E-state index contributed by atoms with van der Waals surface area (Å²) in [5.74, 6) is 1.40. The molecule has 0 N–H and O–H groups in total. The van der Waals surface area contributed by atoms with E-state index in [9.17, 15) is 4.79 Å². The Labute approximate surface area is 174 Å². The first-order valence-electron chi connectivity index (χ1n) is 9.63. The van der Waals surface area contributed by atoms with Crippen LogP contribution in [0.2, 0.25) is 5.02 Å². The third kappa shape index (κ3) is 4.17. The molecule has 4 aromatic rings. The zero-order valence-corrected chi connectivity index (χ0v) is 16.9. The summed E-state index contributed by atoms with van der Waals surface area (Å²) >= 11 is 6.03. The molecule has 29 heavy (non-hydrogen) atoms. The highest BCUT2D eigenvalue weighted by molar-refractivity contribution is 6.30. The number of rotatable bonds is 6. The van der Waals surface area contributed by atoms with Crippen molar-refractivity contribution >= 4 is 22.5 Å². The summed E-state index contributed by atoms with van der Waals surface area (Å²) in [6.45, 7) is 2.88. The van der Waals surface area contributed by atoms with Crippen LogP contribution in [-0.2, 0) is 13.0 Å². The molecule has 0 saturated heterocycles. The predicted octanol–water partition coefficient (Wildman–Crippen LogP) is 5.36. The molecule has 0 aliphatic heterocycles. The van der Waals surface area contributed by atoms with E-state index in [1.165, 1.54) is 5.56 Å². The van der Waals surface area contributed by atoms with Gasteiger partial charge in [-0.15, -0.1) is 0 Å². The Bertz CT molecular complexity index is 1180. The molecule has 0 saturated carbocycles. The Hall–Kier alpha value is -3.11. The van der Waals surface area contributed by atoms with Crippen molar-refractivity contribution in [2.75, 3.05) is 6.61 Å². The lowest BCUT2D eigenvalue weighted by atomic mass is 10.1. The number of benzene rings is 3. The molecule has 0 radical (unpaired) electrons. The molecule has 0 spiro atoms. The molecule has 4 rings (SSSR count). The molecule has 5 heteroatoms. The lowest BCUT2D eigenvalue weighted by Crippen LogP contribution is -2.26. The van der Waals surface area contributed by atoms with Gasteiger partial charge in [-0.25, -0.2) is 4.98 Å². The number of halogens is 1. The van der Waals surface area contributed by atoms with Crippen molar-refractivity contribution in [2.45, 2.75) is 19.9 Å². The highest BCUT2D eigenvalue weighted by Gasteiger charge is 2.13. The highest BCUT2D eigenvalue weighted by atomic mass is 35.5. The second-order valence-electron chi connectivity index (χ2n) is 6.76. The van der Waals surface area contributed by atoms with Crippen molar-refractivity contribution in [2.24, 2.45) is 0 Å². The normalized spacial score (nSPS) is 11.0. The predicted molar refractivity (Wildman–Crippen MR) is 118 cm³/mol. The zero-order valence-electron chi connectivity index (χ0n) is 16.1. The maximum Gasteiger partial charge on any atom is 0.261 e. The number of aromatic nitrogens is 2. The van der Waals surface area contributed by atoms with Crippen LogP contribution in [0.1, 0.15) is 12.5 Å². The largest absolute Gasteiger partial charge is 0.492 e. The van der Waals surface area contributed by atoms with Crippen LogP contribution in [0.5, 0.6) is 5.75 Å². The van der Waals surface area contributed by atoms with Gasteiger partial charge in [0.15, 0.2) is 0 Å². The van der Waals surface area contributed by atoms with Crippen LogP contribution in [0.25, 0.3) is 22.3 Å². The Kier molecular flexibility index (Phi) is 5.63. The van der Waals surface area contributed by atoms with Crippen LogP contribution in [0.15, 0.2) is 77.6 Å².